The van der Waals surface area contributed by atoms with E-state index in [1.165, 1.54) is 13.2 Å². The van der Waals surface area contributed by atoms with Crippen LogP contribution in [0.15, 0.2) is 78.9 Å². The number of carbonyl (C=O) groups excluding carboxylic acids is 2. The number of benzene rings is 2. The molecule has 158 valence electrons. The minimum Gasteiger partial charge on any atom is -0.507 e. The van der Waals surface area contributed by atoms with Crippen molar-refractivity contribution in [2.75, 3.05) is 7.11 Å². The normalized spacial score (nSPS) is 18.8. The van der Waals surface area contributed by atoms with Crippen molar-refractivity contribution in [1.82, 2.24) is 0 Å². The smallest absolute Gasteiger partial charge is 0.313 e. The predicted octanol–water partition coefficient (Wildman–Crippen LogP) is 3.85. The molecule has 0 amide bonds. The average molecular weight is 410 g/mol. The van der Waals surface area contributed by atoms with Gasteiger partial charge in [-0.05, 0) is 24.6 Å². The molecule has 6 nitrogen and oxygen atoms in total. The van der Waals surface area contributed by atoms with Crippen LogP contribution < -0.4 is 0 Å². The number of phenolic OH excluding ortho intramolecular Hbond substituents is 1. The first kappa shape index (κ1) is 24.5. The van der Waals surface area contributed by atoms with E-state index >= 15 is 0 Å². The van der Waals surface area contributed by atoms with Crippen molar-refractivity contribution in [3.63, 3.8) is 0 Å². The van der Waals surface area contributed by atoms with Crippen LogP contribution in [0.25, 0.3) is 0 Å². The molecule has 0 saturated heterocycles. The molecule has 0 spiro atoms. The molecule has 30 heavy (non-hydrogen) atoms. The lowest BCUT2D eigenvalue weighted by Gasteiger charge is -2.30. The second kappa shape index (κ2) is 12.9. The Morgan fingerprint density at radius 3 is 2.17 bits per heavy atom. The zero-order valence-electron chi connectivity index (χ0n) is 17.0. The number of aromatic hydroxyl groups is 1. The Morgan fingerprint density at radius 2 is 1.70 bits per heavy atom. The van der Waals surface area contributed by atoms with Gasteiger partial charge in [-0.25, -0.2) is 0 Å². The number of allylic oxidation sites excluding steroid dienone is 2. The van der Waals surface area contributed by atoms with Crippen LogP contribution >= 0.6 is 0 Å². The van der Waals surface area contributed by atoms with Crippen molar-refractivity contribution >= 4 is 18.5 Å². The number of ether oxygens (including phenoxy) is 1. The van der Waals surface area contributed by atoms with Crippen molar-refractivity contribution in [2.45, 2.75) is 18.9 Å². The number of hydrogen-bond donors (Lipinski definition) is 2. The molecule has 2 atom stereocenters. The van der Waals surface area contributed by atoms with Gasteiger partial charge in [0.2, 0.25) is 0 Å². The highest BCUT2D eigenvalue weighted by atomic mass is 16.5. The summed E-state index contributed by atoms with van der Waals surface area (Å²) in [6.07, 6.45) is 8.96. The maximum Gasteiger partial charge on any atom is 0.313 e. The lowest BCUT2D eigenvalue weighted by atomic mass is 9.85. The highest BCUT2D eigenvalue weighted by Gasteiger charge is 2.36. The predicted molar refractivity (Wildman–Crippen MR) is 115 cm³/mol. The third-order valence-electron chi connectivity index (χ3n) is 4.39. The molecule has 0 radical (unpaired) electrons. The minimum atomic E-state index is -0.861. The number of rotatable bonds is 5. The maximum atomic E-state index is 10.8. The maximum absolute atomic E-state index is 10.8. The first-order valence-electron chi connectivity index (χ1n) is 9.22. The zero-order valence-corrected chi connectivity index (χ0v) is 17.0. The fraction of sp³-hybridized carbons (Fsp3) is 0.208. The molecule has 0 aromatic heterocycles. The quantitative estimate of drug-likeness (QED) is 0.726. The number of phenols is 1. The van der Waals surface area contributed by atoms with Crippen molar-refractivity contribution < 1.29 is 29.3 Å². The first-order valence-corrected chi connectivity index (χ1v) is 9.22. The standard InChI is InChI=1S/C9H12O3.C8H8O.C7H6O2/c1-9(12-2)6-4-3-5-7(9)8(10)11;9-7-6-8-4-2-1-3-5-8;8-5-6-3-1-2-4-7(6)9/h3-7H,1-2H3,(H,10,11);1-5,7H,6H2;1-5,9H. The molecule has 0 bridgehead atoms. The van der Waals surface area contributed by atoms with E-state index in [9.17, 15) is 14.4 Å². The summed E-state index contributed by atoms with van der Waals surface area (Å²) in [4.78, 5) is 30.8. The Hall–Kier alpha value is -3.51. The van der Waals surface area contributed by atoms with E-state index in [0.717, 1.165) is 11.8 Å². The molecule has 0 aliphatic heterocycles. The van der Waals surface area contributed by atoms with Gasteiger partial charge in [0.1, 0.15) is 23.6 Å². The molecule has 2 N–H and O–H groups in total. The largest absolute Gasteiger partial charge is 0.507 e. The van der Waals surface area contributed by atoms with Crippen molar-refractivity contribution in [3.8, 4) is 5.75 Å². The van der Waals surface area contributed by atoms with E-state index in [1.54, 1.807) is 49.4 Å². The first-order chi connectivity index (χ1) is 14.4. The molecule has 3 rings (SSSR count). The van der Waals surface area contributed by atoms with Crippen LogP contribution in [0.1, 0.15) is 22.8 Å². The molecule has 0 fully saturated rings. The fourth-order valence-electron chi connectivity index (χ4n) is 2.54. The number of para-hydroxylation sites is 1. The van der Waals surface area contributed by atoms with Crippen LogP contribution in [0.4, 0.5) is 0 Å². The summed E-state index contributed by atoms with van der Waals surface area (Å²) in [6, 6.07) is 16.1. The molecule has 2 aromatic rings. The number of carboxylic acids is 1. The summed E-state index contributed by atoms with van der Waals surface area (Å²) in [5.74, 6) is -1.42. The Labute approximate surface area is 176 Å². The van der Waals surface area contributed by atoms with Gasteiger partial charge in [-0.1, -0.05) is 66.8 Å². The monoisotopic (exact) mass is 410 g/mol. The second-order valence-electron chi connectivity index (χ2n) is 6.48. The Kier molecular flexibility index (Phi) is 10.5. The Bertz CT molecular complexity index is 872. The van der Waals surface area contributed by atoms with Crippen LogP contribution in [0, 0.1) is 5.92 Å². The van der Waals surface area contributed by atoms with Crippen LogP contribution in [-0.4, -0.2) is 41.5 Å². The van der Waals surface area contributed by atoms with Crippen LogP contribution in [0.5, 0.6) is 5.75 Å². The molecule has 2 aromatic carbocycles. The fourth-order valence-corrected chi connectivity index (χ4v) is 2.54. The summed E-state index contributed by atoms with van der Waals surface area (Å²) in [5.41, 5.74) is 0.700. The molecule has 1 aliphatic carbocycles. The number of carboxylic acid groups (broad SMARTS) is 1. The molecule has 6 heteroatoms. The van der Waals surface area contributed by atoms with Crippen molar-refractivity contribution in [1.29, 1.82) is 0 Å². The van der Waals surface area contributed by atoms with E-state index < -0.39 is 17.5 Å². The lowest BCUT2D eigenvalue weighted by molar-refractivity contribution is -0.147. The van der Waals surface area contributed by atoms with E-state index in [4.69, 9.17) is 14.9 Å². The van der Waals surface area contributed by atoms with Crippen LogP contribution in [-0.2, 0) is 20.7 Å². The topological polar surface area (TPSA) is 101 Å². The third kappa shape index (κ3) is 7.85. The summed E-state index contributed by atoms with van der Waals surface area (Å²) in [7, 11) is 1.51. The van der Waals surface area contributed by atoms with Gasteiger partial charge in [0.25, 0.3) is 0 Å². The van der Waals surface area contributed by atoms with E-state index in [2.05, 4.69) is 0 Å². The van der Waals surface area contributed by atoms with Gasteiger partial charge in [-0.2, -0.15) is 0 Å². The van der Waals surface area contributed by atoms with Gasteiger partial charge in [0.05, 0.1) is 5.56 Å². The number of methoxy groups -OCH3 is 1. The van der Waals surface area contributed by atoms with Gasteiger partial charge in [0, 0.05) is 13.5 Å². The van der Waals surface area contributed by atoms with Crippen LogP contribution in [0.3, 0.4) is 0 Å². The van der Waals surface area contributed by atoms with E-state index in [1.807, 2.05) is 30.3 Å². The molecule has 0 saturated carbocycles. The molecule has 1 aliphatic rings. The second-order valence-corrected chi connectivity index (χ2v) is 6.48. The average Bonchev–Trinajstić information content (AvgIpc) is 2.76. The summed E-state index contributed by atoms with van der Waals surface area (Å²) in [6.45, 7) is 1.76. The Balaban J connectivity index is 0.000000229. The van der Waals surface area contributed by atoms with Gasteiger partial charge >= 0.3 is 5.97 Å². The summed E-state index contributed by atoms with van der Waals surface area (Å²) >= 11 is 0. The van der Waals surface area contributed by atoms with Gasteiger partial charge < -0.3 is 19.7 Å². The van der Waals surface area contributed by atoms with E-state index in [-0.39, 0.29) is 5.75 Å². The number of aldehydes is 2. The number of aliphatic carboxylic acids is 1. The molecular formula is C24H26O6. The highest BCUT2D eigenvalue weighted by Crippen LogP contribution is 2.27. The van der Waals surface area contributed by atoms with Gasteiger partial charge in [-0.3, -0.25) is 9.59 Å². The molecule has 2 unspecified atom stereocenters. The molecular weight excluding hydrogens is 384 g/mol. The third-order valence-corrected chi connectivity index (χ3v) is 4.39. The van der Waals surface area contributed by atoms with Crippen molar-refractivity contribution in [3.05, 3.63) is 90.0 Å². The molecule has 0 heterocycles. The minimum absolute atomic E-state index is 0.0347. The van der Waals surface area contributed by atoms with Gasteiger partial charge in [0.15, 0.2) is 6.29 Å². The van der Waals surface area contributed by atoms with Crippen molar-refractivity contribution in [2.24, 2.45) is 5.92 Å². The SMILES string of the molecule is COC1(C)C=CC=CC1C(=O)O.O=CCc1ccccc1.O=Cc1ccccc1O. The highest BCUT2D eigenvalue weighted by molar-refractivity contribution is 5.78. The lowest BCUT2D eigenvalue weighted by Crippen LogP contribution is -2.39. The van der Waals surface area contributed by atoms with Gasteiger partial charge in [-0.15, -0.1) is 0 Å². The summed E-state index contributed by atoms with van der Waals surface area (Å²) < 4.78 is 5.13. The van der Waals surface area contributed by atoms with E-state index in [0.29, 0.717) is 18.3 Å². The summed E-state index contributed by atoms with van der Waals surface area (Å²) in [5, 5.41) is 17.7. The number of carbonyl (C=O) groups is 3. The zero-order chi connectivity index (χ0) is 22.4. The van der Waals surface area contributed by atoms with Crippen LogP contribution in [0.2, 0.25) is 0 Å². The number of hydrogen-bond acceptors (Lipinski definition) is 5. The Morgan fingerprint density at radius 1 is 1.07 bits per heavy atom.